The van der Waals surface area contributed by atoms with E-state index in [-0.39, 0.29) is 6.09 Å². The molecule has 0 radical (unpaired) electrons. The Hall–Kier alpha value is -1.11. The first-order valence-electron chi connectivity index (χ1n) is 10.6. The minimum atomic E-state index is -0.253. The molecule has 1 saturated heterocycles. The number of halogens is 1. The minimum Gasteiger partial charge on any atom is -0.410 e. The molecule has 1 aromatic rings. The van der Waals surface area contributed by atoms with Gasteiger partial charge in [-0.05, 0) is 68.8 Å². The Labute approximate surface area is 177 Å². The minimum absolute atomic E-state index is 0.253. The zero-order valence-electron chi connectivity index (χ0n) is 16.9. The van der Waals surface area contributed by atoms with Crippen LogP contribution in [-0.4, -0.2) is 61.8 Å². The number of unbranched alkanes of at least 4 members (excludes halogenated alkanes) is 1. The van der Waals surface area contributed by atoms with Gasteiger partial charge in [0.05, 0.1) is 13.2 Å². The van der Waals surface area contributed by atoms with Crippen molar-refractivity contribution in [2.24, 2.45) is 5.92 Å². The molecule has 3 rings (SSSR count). The van der Waals surface area contributed by atoms with Gasteiger partial charge in [0.15, 0.2) is 0 Å². The van der Waals surface area contributed by atoms with Gasteiger partial charge in [0.2, 0.25) is 0 Å². The van der Waals surface area contributed by atoms with Gasteiger partial charge < -0.3 is 14.4 Å². The molecular weight excluding hydrogens is 420 g/mol. The third-order valence-electron chi connectivity index (χ3n) is 6.11. The second-order valence-electron chi connectivity index (χ2n) is 8.06. The molecule has 2 aliphatic rings. The first kappa shape index (κ1) is 21.6. The third-order valence-corrected chi connectivity index (χ3v) is 6.64. The maximum absolute atomic E-state index is 12.4. The summed E-state index contributed by atoms with van der Waals surface area (Å²) >= 11 is 3.39. The highest BCUT2D eigenvalue weighted by Gasteiger charge is 2.27. The lowest BCUT2D eigenvalue weighted by Gasteiger charge is -2.34. The van der Waals surface area contributed by atoms with Gasteiger partial charge >= 0.3 is 6.09 Å². The second kappa shape index (κ2) is 11.2. The summed E-state index contributed by atoms with van der Waals surface area (Å²) in [5.41, 5.74) is 0. The van der Waals surface area contributed by atoms with Crippen LogP contribution in [0.2, 0.25) is 0 Å². The Kier molecular flexibility index (Phi) is 8.62. The summed E-state index contributed by atoms with van der Waals surface area (Å²) in [6.45, 7) is 5.18. The number of hydrogen-bond acceptors (Lipinski definition) is 4. The molecule has 28 heavy (non-hydrogen) atoms. The number of carbonyl (C=O) groups excluding carboxylic acids is 1. The molecule has 0 unspecified atom stereocenters. The zero-order chi connectivity index (χ0) is 19.8. The molecule has 1 aliphatic heterocycles. The average Bonchev–Trinajstić information content (AvgIpc) is 2.73. The lowest BCUT2D eigenvalue weighted by Crippen LogP contribution is -2.41. The van der Waals surface area contributed by atoms with E-state index in [1.165, 1.54) is 38.6 Å². The molecule has 2 fully saturated rings. The topological polar surface area (TPSA) is 42.0 Å². The van der Waals surface area contributed by atoms with E-state index in [2.05, 4.69) is 20.8 Å². The van der Waals surface area contributed by atoms with E-state index in [4.69, 9.17) is 9.47 Å². The first-order chi connectivity index (χ1) is 13.6. The highest BCUT2D eigenvalue weighted by Crippen LogP contribution is 2.31. The van der Waals surface area contributed by atoms with Crippen LogP contribution in [0.15, 0.2) is 28.7 Å². The van der Waals surface area contributed by atoms with Crippen LogP contribution >= 0.6 is 15.9 Å². The molecular formula is C22H33BrN2O3. The van der Waals surface area contributed by atoms with Crippen molar-refractivity contribution in [3.8, 4) is 5.75 Å². The van der Waals surface area contributed by atoms with Gasteiger partial charge in [-0.15, -0.1) is 0 Å². The Morgan fingerprint density at radius 1 is 1.14 bits per heavy atom. The fourth-order valence-corrected chi connectivity index (χ4v) is 4.50. The van der Waals surface area contributed by atoms with Crippen molar-refractivity contribution in [3.05, 3.63) is 28.7 Å². The number of ether oxygens (including phenoxy) is 2. The van der Waals surface area contributed by atoms with Crippen molar-refractivity contribution >= 4 is 22.0 Å². The van der Waals surface area contributed by atoms with Gasteiger partial charge in [-0.3, -0.25) is 4.90 Å². The highest BCUT2D eigenvalue weighted by molar-refractivity contribution is 9.10. The van der Waals surface area contributed by atoms with E-state index >= 15 is 0 Å². The van der Waals surface area contributed by atoms with Gasteiger partial charge in [-0.25, -0.2) is 4.79 Å². The zero-order valence-corrected chi connectivity index (χ0v) is 18.5. The van der Waals surface area contributed by atoms with Gasteiger partial charge in [-0.1, -0.05) is 28.8 Å². The number of nitrogens with zero attached hydrogens (tertiary/aromatic N) is 2. The maximum atomic E-state index is 12.4. The number of amides is 1. The molecule has 156 valence electrons. The molecule has 1 amide bonds. The van der Waals surface area contributed by atoms with Crippen molar-refractivity contribution < 1.29 is 14.3 Å². The smallest absolute Gasteiger partial charge is 0.410 e. The summed E-state index contributed by atoms with van der Waals surface area (Å²) in [5.74, 6) is 1.41. The lowest BCUT2D eigenvalue weighted by atomic mass is 9.82. The fourth-order valence-electron chi connectivity index (χ4n) is 4.24. The number of carbonyl (C=O) groups is 1. The van der Waals surface area contributed by atoms with Crippen molar-refractivity contribution in [1.82, 2.24) is 9.80 Å². The van der Waals surface area contributed by atoms with Gasteiger partial charge in [0.1, 0.15) is 5.75 Å². The molecule has 5 nitrogen and oxygen atoms in total. The lowest BCUT2D eigenvalue weighted by molar-refractivity contribution is 0.0369. The van der Waals surface area contributed by atoms with Crippen molar-refractivity contribution in [1.29, 1.82) is 0 Å². The predicted molar refractivity (Wildman–Crippen MR) is 115 cm³/mol. The summed E-state index contributed by atoms with van der Waals surface area (Å²) in [4.78, 5) is 16.7. The number of morpholine rings is 1. The Morgan fingerprint density at radius 2 is 1.82 bits per heavy atom. The van der Waals surface area contributed by atoms with Crippen LogP contribution in [0.3, 0.4) is 0 Å². The largest absolute Gasteiger partial charge is 0.415 e. The van der Waals surface area contributed by atoms with E-state index in [9.17, 15) is 4.79 Å². The normalized spacial score (nSPS) is 23.4. The summed E-state index contributed by atoms with van der Waals surface area (Å²) in [5, 5.41) is 0. The molecule has 1 aliphatic carbocycles. The molecule has 0 aromatic heterocycles. The van der Waals surface area contributed by atoms with Crippen LogP contribution in [0, 0.1) is 5.92 Å². The highest BCUT2D eigenvalue weighted by atomic mass is 79.9. The van der Waals surface area contributed by atoms with Crippen LogP contribution in [0.5, 0.6) is 5.75 Å². The van der Waals surface area contributed by atoms with Crippen molar-refractivity contribution in [3.63, 3.8) is 0 Å². The molecule has 1 heterocycles. The number of rotatable bonds is 7. The monoisotopic (exact) mass is 452 g/mol. The van der Waals surface area contributed by atoms with E-state index in [1.54, 1.807) is 4.90 Å². The Balaban J connectivity index is 1.31. The third kappa shape index (κ3) is 6.75. The predicted octanol–water partition coefficient (Wildman–Crippen LogP) is 4.94. The van der Waals surface area contributed by atoms with E-state index in [1.807, 2.05) is 31.3 Å². The maximum Gasteiger partial charge on any atom is 0.415 e. The molecule has 1 aromatic carbocycles. The number of benzene rings is 1. The van der Waals surface area contributed by atoms with Crippen molar-refractivity contribution in [2.45, 2.75) is 51.0 Å². The summed E-state index contributed by atoms with van der Waals surface area (Å²) in [7, 11) is 1.87. The molecule has 0 N–H and O–H groups in total. The van der Waals surface area contributed by atoms with Gasteiger partial charge in [0.25, 0.3) is 0 Å². The molecule has 0 spiro atoms. The van der Waals surface area contributed by atoms with Crippen LogP contribution in [-0.2, 0) is 4.74 Å². The van der Waals surface area contributed by atoms with Crippen LogP contribution in [0.1, 0.15) is 44.9 Å². The van der Waals surface area contributed by atoms with Crippen LogP contribution in [0.25, 0.3) is 0 Å². The molecule has 0 atom stereocenters. The summed E-state index contributed by atoms with van der Waals surface area (Å²) < 4.78 is 11.9. The van der Waals surface area contributed by atoms with E-state index < -0.39 is 0 Å². The molecule has 0 bridgehead atoms. The Bertz CT molecular complexity index is 596. The van der Waals surface area contributed by atoms with E-state index in [0.29, 0.717) is 11.8 Å². The van der Waals surface area contributed by atoms with Gasteiger partial charge in [0, 0.05) is 30.7 Å². The standard InChI is InChI=1S/C22H33BrN2O3/c1-24(22(26)28-21-11-7-19(23)8-12-21)20-9-5-18(6-10-20)4-2-3-13-25-14-16-27-17-15-25/h7-8,11-12,18,20H,2-6,9-10,13-17H2,1H3. The SMILES string of the molecule is CN(C(=O)Oc1ccc(Br)cc1)C1CCC(CCCCN2CCOCC2)CC1. The van der Waals surface area contributed by atoms with E-state index in [0.717, 1.165) is 49.5 Å². The van der Waals surface area contributed by atoms with Crippen LogP contribution < -0.4 is 4.74 Å². The molecule has 6 heteroatoms. The number of hydrogen-bond donors (Lipinski definition) is 0. The second-order valence-corrected chi connectivity index (χ2v) is 8.97. The summed E-state index contributed by atoms with van der Waals surface area (Å²) in [6.07, 6.45) is 8.28. The Morgan fingerprint density at radius 3 is 2.50 bits per heavy atom. The average molecular weight is 453 g/mol. The fraction of sp³-hybridized carbons (Fsp3) is 0.682. The summed E-state index contributed by atoms with van der Waals surface area (Å²) in [6, 6.07) is 7.68. The quantitative estimate of drug-likeness (QED) is 0.549. The van der Waals surface area contributed by atoms with Crippen molar-refractivity contribution in [2.75, 3.05) is 39.9 Å². The van der Waals surface area contributed by atoms with Gasteiger partial charge in [-0.2, -0.15) is 0 Å². The first-order valence-corrected chi connectivity index (χ1v) is 11.4. The van der Waals surface area contributed by atoms with Crippen LogP contribution in [0.4, 0.5) is 4.79 Å². The molecule has 1 saturated carbocycles.